The largest absolute Gasteiger partial charge is 0.384 e. The van der Waals surface area contributed by atoms with Crippen LogP contribution in [-0.2, 0) is 9.53 Å². The maximum Gasteiger partial charge on any atom is 0.221 e. The summed E-state index contributed by atoms with van der Waals surface area (Å²) in [7, 11) is 1.61. The van der Waals surface area contributed by atoms with Crippen LogP contribution in [0.15, 0.2) is 30.5 Å². The summed E-state index contributed by atoms with van der Waals surface area (Å²) in [5, 5.41) is 7.68. The van der Waals surface area contributed by atoms with Crippen molar-refractivity contribution in [1.29, 1.82) is 0 Å². The first-order valence-electron chi connectivity index (χ1n) is 6.74. The molecule has 0 bridgehead atoms. The molecule has 1 aromatic heterocycles. The molecule has 21 heavy (non-hydrogen) atoms. The van der Waals surface area contributed by atoms with Gasteiger partial charge in [0, 0.05) is 48.9 Å². The molecule has 0 saturated heterocycles. The number of amides is 1. The number of rotatable bonds is 7. The molecular weight excluding hydrogens is 290 g/mol. The molecule has 0 unspecified atom stereocenters. The SMILES string of the molecule is COCCNC(=O)CCNc1ccnc2cc(Cl)ccc12. The minimum Gasteiger partial charge on any atom is -0.384 e. The van der Waals surface area contributed by atoms with E-state index in [2.05, 4.69) is 15.6 Å². The predicted molar refractivity (Wildman–Crippen MR) is 84.7 cm³/mol. The Morgan fingerprint density at radius 1 is 1.33 bits per heavy atom. The number of nitrogens with zero attached hydrogens (tertiary/aromatic N) is 1. The zero-order valence-electron chi connectivity index (χ0n) is 11.9. The van der Waals surface area contributed by atoms with Crippen LogP contribution in [0.2, 0.25) is 5.02 Å². The van der Waals surface area contributed by atoms with E-state index in [0.29, 0.717) is 31.1 Å². The van der Waals surface area contributed by atoms with Crippen molar-refractivity contribution in [3.8, 4) is 0 Å². The van der Waals surface area contributed by atoms with Crippen molar-refractivity contribution in [3.63, 3.8) is 0 Å². The van der Waals surface area contributed by atoms with E-state index in [1.54, 1.807) is 13.3 Å². The Morgan fingerprint density at radius 3 is 3.00 bits per heavy atom. The van der Waals surface area contributed by atoms with Crippen molar-refractivity contribution in [2.45, 2.75) is 6.42 Å². The van der Waals surface area contributed by atoms with Crippen LogP contribution in [0.1, 0.15) is 6.42 Å². The van der Waals surface area contributed by atoms with Gasteiger partial charge in [0.05, 0.1) is 12.1 Å². The number of ether oxygens (including phenoxy) is 1. The quantitative estimate of drug-likeness (QED) is 0.771. The summed E-state index contributed by atoms with van der Waals surface area (Å²) in [4.78, 5) is 15.9. The maximum absolute atomic E-state index is 11.6. The summed E-state index contributed by atoms with van der Waals surface area (Å²) >= 11 is 5.95. The highest BCUT2D eigenvalue weighted by atomic mass is 35.5. The summed E-state index contributed by atoms with van der Waals surface area (Å²) in [5.41, 5.74) is 1.78. The van der Waals surface area contributed by atoms with Crippen molar-refractivity contribution < 1.29 is 9.53 Å². The van der Waals surface area contributed by atoms with Gasteiger partial charge in [-0.1, -0.05) is 11.6 Å². The van der Waals surface area contributed by atoms with E-state index in [4.69, 9.17) is 16.3 Å². The van der Waals surface area contributed by atoms with Gasteiger partial charge in [-0.2, -0.15) is 0 Å². The van der Waals surface area contributed by atoms with Crippen molar-refractivity contribution >= 4 is 34.1 Å². The number of pyridine rings is 1. The van der Waals surface area contributed by atoms with Gasteiger partial charge in [0.25, 0.3) is 0 Å². The molecule has 1 heterocycles. The van der Waals surface area contributed by atoms with Gasteiger partial charge < -0.3 is 15.4 Å². The number of carbonyl (C=O) groups is 1. The van der Waals surface area contributed by atoms with E-state index in [1.165, 1.54) is 0 Å². The molecule has 0 aliphatic carbocycles. The number of nitrogens with one attached hydrogen (secondary N) is 2. The first-order chi connectivity index (χ1) is 10.2. The summed E-state index contributed by atoms with van der Waals surface area (Å²) in [6.07, 6.45) is 2.13. The molecule has 6 heteroatoms. The predicted octanol–water partition coefficient (Wildman–Crippen LogP) is 2.45. The molecule has 112 valence electrons. The maximum atomic E-state index is 11.6. The molecule has 1 aromatic carbocycles. The van der Waals surface area contributed by atoms with Gasteiger partial charge in [-0.25, -0.2) is 0 Å². The summed E-state index contributed by atoms with van der Waals surface area (Å²) in [5.74, 6) is 0.000885. The summed E-state index contributed by atoms with van der Waals surface area (Å²) in [6, 6.07) is 7.46. The Kier molecular flexibility index (Phi) is 5.78. The standard InChI is InChI=1S/C15H18ClN3O2/c1-21-9-8-19-15(20)5-7-17-13-4-6-18-14-10-11(16)2-3-12(13)14/h2-4,6,10H,5,7-9H2,1H3,(H,17,18)(H,19,20). The molecule has 0 radical (unpaired) electrons. The van der Waals surface area contributed by atoms with E-state index in [-0.39, 0.29) is 5.91 Å². The molecule has 0 aliphatic rings. The van der Waals surface area contributed by atoms with Gasteiger partial charge in [0.1, 0.15) is 0 Å². The lowest BCUT2D eigenvalue weighted by molar-refractivity contribution is -0.121. The molecule has 0 atom stereocenters. The van der Waals surface area contributed by atoms with E-state index in [0.717, 1.165) is 16.6 Å². The van der Waals surface area contributed by atoms with Gasteiger partial charge in [0.15, 0.2) is 0 Å². The molecule has 0 fully saturated rings. The summed E-state index contributed by atoms with van der Waals surface area (Å²) < 4.78 is 4.88. The minimum absolute atomic E-state index is 0.000885. The van der Waals surface area contributed by atoms with Crippen LogP contribution >= 0.6 is 11.6 Å². The Labute approximate surface area is 128 Å². The third kappa shape index (κ3) is 4.58. The third-order valence-electron chi connectivity index (χ3n) is 3.00. The van der Waals surface area contributed by atoms with Crippen LogP contribution in [0.5, 0.6) is 0 Å². The number of benzene rings is 1. The van der Waals surface area contributed by atoms with E-state index in [1.807, 2.05) is 24.3 Å². The lowest BCUT2D eigenvalue weighted by Gasteiger charge is -2.10. The number of halogens is 1. The average molecular weight is 308 g/mol. The number of hydrogen-bond donors (Lipinski definition) is 2. The highest BCUT2D eigenvalue weighted by molar-refractivity contribution is 6.31. The second kappa shape index (κ2) is 7.81. The molecule has 2 aromatic rings. The fourth-order valence-electron chi connectivity index (χ4n) is 1.97. The Hall–Kier alpha value is -1.85. The van der Waals surface area contributed by atoms with Gasteiger partial charge in [-0.05, 0) is 24.3 Å². The van der Waals surface area contributed by atoms with Crippen molar-refractivity contribution in [1.82, 2.24) is 10.3 Å². The van der Waals surface area contributed by atoms with Gasteiger partial charge in [0.2, 0.25) is 5.91 Å². The molecule has 1 amide bonds. The van der Waals surface area contributed by atoms with Gasteiger partial charge >= 0.3 is 0 Å². The van der Waals surface area contributed by atoms with E-state index >= 15 is 0 Å². The fourth-order valence-corrected chi connectivity index (χ4v) is 2.13. The Morgan fingerprint density at radius 2 is 2.19 bits per heavy atom. The number of aromatic nitrogens is 1. The zero-order valence-corrected chi connectivity index (χ0v) is 12.6. The monoisotopic (exact) mass is 307 g/mol. The van der Waals surface area contributed by atoms with Crippen molar-refractivity contribution in [3.05, 3.63) is 35.5 Å². The smallest absolute Gasteiger partial charge is 0.221 e. The van der Waals surface area contributed by atoms with Gasteiger partial charge in [-0.15, -0.1) is 0 Å². The number of hydrogen-bond acceptors (Lipinski definition) is 4. The normalized spacial score (nSPS) is 10.6. The molecule has 5 nitrogen and oxygen atoms in total. The highest BCUT2D eigenvalue weighted by Crippen LogP contribution is 2.24. The topological polar surface area (TPSA) is 63.2 Å². The van der Waals surface area contributed by atoms with Crippen LogP contribution in [0.3, 0.4) is 0 Å². The molecule has 0 spiro atoms. The van der Waals surface area contributed by atoms with E-state index < -0.39 is 0 Å². The number of fused-ring (bicyclic) bond motifs is 1. The molecule has 2 N–H and O–H groups in total. The second-order valence-electron chi connectivity index (χ2n) is 4.54. The van der Waals surface area contributed by atoms with Crippen molar-refractivity contribution in [2.75, 3.05) is 32.1 Å². The molecule has 0 aliphatic heterocycles. The Balaban J connectivity index is 1.90. The first kappa shape index (κ1) is 15.5. The fraction of sp³-hybridized carbons (Fsp3) is 0.333. The second-order valence-corrected chi connectivity index (χ2v) is 4.98. The average Bonchev–Trinajstić information content (AvgIpc) is 2.47. The van der Waals surface area contributed by atoms with Crippen LogP contribution < -0.4 is 10.6 Å². The molecular formula is C15H18ClN3O2. The lowest BCUT2D eigenvalue weighted by Crippen LogP contribution is -2.28. The van der Waals surface area contributed by atoms with Crippen molar-refractivity contribution in [2.24, 2.45) is 0 Å². The zero-order chi connectivity index (χ0) is 15.1. The highest BCUT2D eigenvalue weighted by Gasteiger charge is 2.04. The number of anilines is 1. The van der Waals surface area contributed by atoms with E-state index in [9.17, 15) is 4.79 Å². The third-order valence-corrected chi connectivity index (χ3v) is 3.24. The number of methoxy groups -OCH3 is 1. The van der Waals surface area contributed by atoms with Crippen LogP contribution in [-0.4, -0.2) is 37.7 Å². The van der Waals surface area contributed by atoms with Crippen LogP contribution in [0.4, 0.5) is 5.69 Å². The van der Waals surface area contributed by atoms with Crippen LogP contribution in [0, 0.1) is 0 Å². The minimum atomic E-state index is 0.000885. The number of carbonyl (C=O) groups excluding carboxylic acids is 1. The van der Waals surface area contributed by atoms with Crippen LogP contribution in [0.25, 0.3) is 10.9 Å². The first-order valence-corrected chi connectivity index (χ1v) is 7.12. The molecule has 2 rings (SSSR count). The van der Waals surface area contributed by atoms with Gasteiger partial charge in [-0.3, -0.25) is 9.78 Å². The Bertz CT molecular complexity index is 619. The molecule has 0 saturated carbocycles. The summed E-state index contributed by atoms with van der Waals surface area (Å²) in [6.45, 7) is 1.61. The lowest BCUT2D eigenvalue weighted by atomic mass is 10.2.